The average molecular weight is 390 g/mol. The van der Waals surface area contributed by atoms with Crippen LogP contribution in [0.15, 0.2) is 66.7 Å². The van der Waals surface area contributed by atoms with Crippen LogP contribution in [0, 0.1) is 0 Å². The highest BCUT2D eigenvalue weighted by molar-refractivity contribution is 6.00. The first-order chi connectivity index (χ1) is 14.1. The van der Waals surface area contributed by atoms with Crippen LogP contribution in [0.1, 0.15) is 34.0 Å². The van der Waals surface area contributed by atoms with E-state index in [9.17, 15) is 4.79 Å². The zero-order valence-corrected chi connectivity index (χ0v) is 17.1. The molecule has 0 bridgehead atoms. The van der Waals surface area contributed by atoms with Crippen molar-refractivity contribution in [2.24, 2.45) is 0 Å². The maximum atomic E-state index is 13.1. The van der Waals surface area contributed by atoms with E-state index in [1.54, 1.807) is 14.2 Å². The number of carbonyl (C=O) groups is 1. The Hall–Kier alpha value is -3.27. The van der Waals surface area contributed by atoms with Gasteiger partial charge >= 0.3 is 0 Å². The zero-order valence-electron chi connectivity index (χ0n) is 17.1. The summed E-state index contributed by atoms with van der Waals surface area (Å²) in [5.41, 5.74) is 3.53. The van der Waals surface area contributed by atoms with Crippen molar-refractivity contribution in [3.8, 4) is 17.2 Å². The van der Waals surface area contributed by atoms with Gasteiger partial charge in [0.2, 0.25) is 0 Å². The van der Waals surface area contributed by atoms with E-state index in [1.165, 1.54) is 0 Å². The molecule has 0 amide bonds. The Balaban J connectivity index is 1.88. The number of carbonyl (C=O) groups excluding carboxylic acids is 1. The fourth-order valence-corrected chi connectivity index (χ4v) is 3.17. The molecule has 0 saturated carbocycles. The second-order valence-corrected chi connectivity index (χ2v) is 6.74. The third kappa shape index (κ3) is 5.17. The lowest BCUT2D eigenvalue weighted by Gasteiger charge is -2.16. The van der Waals surface area contributed by atoms with Crippen molar-refractivity contribution in [1.82, 2.24) is 0 Å². The minimum absolute atomic E-state index is 0.00980. The van der Waals surface area contributed by atoms with Crippen LogP contribution in [-0.4, -0.2) is 20.0 Å². The normalized spacial score (nSPS) is 10.4. The fraction of sp³-hybridized carbons (Fsp3) is 0.240. The van der Waals surface area contributed by atoms with Crippen molar-refractivity contribution in [3.05, 3.63) is 89.0 Å². The highest BCUT2D eigenvalue weighted by Crippen LogP contribution is 2.31. The molecule has 0 unspecified atom stereocenters. The highest BCUT2D eigenvalue weighted by atomic mass is 16.5. The van der Waals surface area contributed by atoms with Gasteiger partial charge in [-0.25, -0.2) is 0 Å². The number of Topliss-reactive ketones (excluding diaryl/α,β-unsaturated/α-hetero) is 1. The van der Waals surface area contributed by atoms with Gasteiger partial charge in [-0.1, -0.05) is 49.4 Å². The van der Waals surface area contributed by atoms with E-state index >= 15 is 0 Å². The van der Waals surface area contributed by atoms with Crippen molar-refractivity contribution >= 4 is 5.78 Å². The number of rotatable bonds is 9. The topological polar surface area (TPSA) is 44.8 Å². The SMILES string of the molecule is CCc1cc(C(=O)Cc2ccc(OC)cc2)c(OCc2ccccc2)cc1OC. The molecule has 0 aromatic heterocycles. The average Bonchev–Trinajstić information content (AvgIpc) is 2.78. The summed E-state index contributed by atoms with van der Waals surface area (Å²) in [6.45, 7) is 2.43. The van der Waals surface area contributed by atoms with Gasteiger partial charge in [-0.05, 0) is 41.3 Å². The van der Waals surface area contributed by atoms with Crippen LogP contribution in [0.4, 0.5) is 0 Å². The van der Waals surface area contributed by atoms with Crippen LogP contribution in [0.25, 0.3) is 0 Å². The van der Waals surface area contributed by atoms with E-state index in [0.29, 0.717) is 24.3 Å². The largest absolute Gasteiger partial charge is 0.497 e. The van der Waals surface area contributed by atoms with Gasteiger partial charge in [-0.15, -0.1) is 0 Å². The van der Waals surface area contributed by atoms with Crippen LogP contribution in [-0.2, 0) is 19.4 Å². The zero-order chi connectivity index (χ0) is 20.6. The molecular weight excluding hydrogens is 364 g/mol. The smallest absolute Gasteiger partial charge is 0.170 e. The molecule has 4 nitrogen and oxygen atoms in total. The summed E-state index contributed by atoms with van der Waals surface area (Å²) >= 11 is 0. The van der Waals surface area contributed by atoms with Gasteiger partial charge in [0, 0.05) is 12.5 Å². The van der Waals surface area contributed by atoms with Crippen molar-refractivity contribution < 1.29 is 19.0 Å². The quantitative estimate of drug-likeness (QED) is 0.467. The second-order valence-electron chi connectivity index (χ2n) is 6.74. The Morgan fingerprint density at radius 3 is 2.17 bits per heavy atom. The second kappa shape index (κ2) is 9.78. The van der Waals surface area contributed by atoms with E-state index in [2.05, 4.69) is 0 Å². The Bertz CT molecular complexity index is 947. The Labute approximate surface area is 172 Å². The van der Waals surface area contributed by atoms with E-state index < -0.39 is 0 Å². The summed E-state index contributed by atoms with van der Waals surface area (Å²) in [4.78, 5) is 13.1. The van der Waals surface area contributed by atoms with Gasteiger partial charge in [0.25, 0.3) is 0 Å². The van der Waals surface area contributed by atoms with Crippen molar-refractivity contribution in [3.63, 3.8) is 0 Å². The lowest BCUT2D eigenvalue weighted by atomic mass is 9.98. The van der Waals surface area contributed by atoms with E-state index in [-0.39, 0.29) is 5.78 Å². The van der Waals surface area contributed by atoms with Crippen LogP contribution in [0.5, 0.6) is 17.2 Å². The number of hydrogen-bond acceptors (Lipinski definition) is 4. The number of methoxy groups -OCH3 is 2. The monoisotopic (exact) mass is 390 g/mol. The first-order valence-electron chi connectivity index (χ1n) is 9.68. The minimum atomic E-state index is 0.00980. The Morgan fingerprint density at radius 2 is 1.55 bits per heavy atom. The minimum Gasteiger partial charge on any atom is -0.497 e. The van der Waals surface area contributed by atoms with Gasteiger partial charge in [-0.2, -0.15) is 0 Å². The van der Waals surface area contributed by atoms with Gasteiger partial charge in [-0.3, -0.25) is 4.79 Å². The molecule has 0 aliphatic rings. The molecular formula is C25H26O4. The number of aryl methyl sites for hydroxylation is 1. The van der Waals surface area contributed by atoms with Crippen LogP contribution < -0.4 is 14.2 Å². The number of hydrogen-bond donors (Lipinski definition) is 0. The van der Waals surface area contributed by atoms with Crippen molar-refractivity contribution in [2.45, 2.75) is 26.4 Å². The molecule has 3 aromatic carbocycles. The Kier molecular flexibility index (Phi) is 6.90. The van der Waals surface area contributed by atoms with Gasteiger partial charge < -0.3 is 14.2 Å². The predicted molar refractivity (Wildman–Crippen MR) is 114 cm³/mol. The van der Waals surface area contributed by atoms with Crippen LogP contribution >= 0.6 is 0 Å². The molecule has 4 heteroatoms. The summed E-state index contributed by atoms with van der Waals surface area (Å²) in [7, 11) is 3.26. The molecule has 29 heavy (non-hydrogen) atoms. The van der Waals surface area contributed by atoms with Crippen LogP contribution in [0.2, 0.25) is 0 Å². The summed E-state index contributed by atoms with van der Waals surface area (Å²) in [5, 5.41) is 0. The summed E-state index contributed by atoms with van der Waals surface area (Å²) in [6.07, 6.45) is 1.06. The van der Waals surface area contributed by atoms with E-state index in [4.69, 9.17) is 14.2 Å². The molecule has 3 aromatic rings. The van der Waals surface area contributed by atoms with Crippen molar-refractivity contribution in [1.29, 1.82) is 0 Å². The van der Waals surface area contributed by atoms with Gasteiger partial charge in [0.05, 0.1) is 19.8 Å². The number of ketones is 1. The molecule has 0 spiro atoms. The fourth-order valence-electron chi connectivity index (χ4n) is 3.17. The first-order valence-corrected chi connectivity index (χ1v) is 9.68. The van der Waals surface area contributed by atoms with Crippen molar-refractivity contribution in [2.75, 3.05) is 14.2 Å². The lowest BCUT2D eigenvalue weighted by molar-refractivity contribution is 0.0988. The maximum Gasteiger partial charge on any atom is 0.170 e. The number of ether oxygens (including phenoxy) is 3. The Morgan fingerprint density at radius 1 is 0.828 bits per heavy atom. The molecule has 0 aliphatic heterocycles. The maximum absolute atomic E-state index is 13.1. The number of benzene rings is 3. The molecule has 0 saturated heterocycles. The van der Waals surface area contributed by atoms with E-state index in [0.717, 1.165) is 34.6 Å². The summed E-state index contributed by atoms with van der Waals surface area (Å²) in [5.74, 6) is 2.05. The first kappa shape index (κ1) is 20.5. The molecule has 3 rings (SSSR count). The molecule has 0 heterocycles. The molecule has 0 fully saturated rings. The van der Waals surface area contributed by atoms with Gasteiger partial charge in [0.1, 0.15) is 23.9 Å². The molecule has 150 valence electrons. The summed E-state index contributed by atoms with van der Waals surface area (Å²) in [6, 6.07) is 21.1. The third-order valence-corrected chi connectivity index (χ3v) is 4.82. The summed E-state index contributed by atoms with van der Waals surface area (Å²) < 4.78 is 16.7. The predicted octanol–water partition coefficient (Wildman–Crippen LogP) is 5.27. The third-order valence-electron chi connectivity index (χ3n) is 4.82. The standard InChI is InChI=1S/C25H26O4/c1-4-20-15-22(23(26)14-18-10-12-21(27-2)13-11-18)25(16-24(20)28-3)29-17-19-8-6-5-7-9-19/h5-13,15-16H,4,14,17H2,1-3H3. The van der Waals surface area contributed by atoms with Gasteiger partial charge in [0.15, 0.2) is 5.78 Å². The molecule has 0 N–H and O–H groups in total. The van der Waals surface area contributed by atoms with Crippen LogP contribution in [0.3, 0.4) is 0 Å². The molecule has 0 aliphatic carbocycles. The molecule has 0 radical (unpaired) electrons. The van der Waals surface area contributed by atoms with E-state index in [1.807, 2.05) is 73.7 Å². The highest BCUT2D eigenvalue weighted by Gasteiger charge is 2.18. The molecule has 0 atom stereocenters. The lowest BCUT2D eigenvalue weighted by Crippen LogP contribution is -2.09.